The number of nitrogens with one attached hydrogen (secondary N) is 1. The Morgan fingerprint density at radius 1 is 1.38 bits per heavy atom. The topological polar surface area (TPSA) is 12.0 Å². The van der Waals surface area contributed by atoms with Crippen LogP contribution in [0.5, 0.6) is 0 Å². The molecule has 2 aliphatic rings. The molecule has 1 heteroatoms. The summed E-state index contributed by atoms with van der Waals surface area (Å²) in [5, 5.41) is 3.67. The second-order valence-corrected chi connectivity index (χ2v) is 4.57. The van der Waals surface area contributed by atoms with Gasteiger partial charge in [0.1, 0.15) is 0 Å². The average molecular weight is 173 g/mol. The average Bonchev–Trinajstić information content (AvgIpc) is 2.58. The number of benzene rings is 1. The number of rotatable bonds is 0. The van der Waals surface area contributed by atoms with E-state index in [4.69, 9.17) is 0 Å². The minimum atomic E-state index is 0.365. The van der Waals surface area contributed by atoms with Crippen molar-refractivity contribution in [3.05, 3.63) is 29.8 Å². The lowest BCUT2D eigenvalue weighted by Gasteiger charge is -2.24. The van der Waals surface area contributed by atoms with Gasteiger partial charge in [-0.25, -0.2) is 0 Å². The molecule has 0 aromatic heterocycles. The maximum atomic E-state index is 3.67. The summed E-state index contributed by atoms with van der Waals surface area (Å²) in [6.07, 6.45) is 4.06. The third kappa shape index (κ3) is 0.874. The zero-order chi connectivity index (χ0) is 8.89. The fourth-order valence-corrected chi connectivity index (χ4v) is 3.04. The number of fused-ring (bicyclic) bond motifs is 3. The minimum absolute atomic E-state index is 0.365. The first-order valence-corrected chi connectivity index (χ1v) is 5.17. The monoisotopic (exact) mass is 173 g/mol. The summed E-state index contributed by atoms with van der Waals surface area (Å²) in [4.78, 5) is 0. The van der Waals surface area contributed by atoms with Gasteiger partial charge in [-0.15, -0.1) is 0 Å². The molecule has 2 atom stereocenters. The zero-order valence-electron chi connectivity index (χ0n) is 8.01. The molecule has 0 saturated heterocycles. The summed E-state index contributed by atoms with van der Waals surface area (Å²) in [6.45, 7) is 2.37. The Kier molecular flexibility index (Phi) is 1.30. The highest BCUT2D eigenvalue weighted by Crippen LogP contribution is 2.51. The van der Waals surface area contributed by atoms with Gasteiger partial charge in [0.05, 0.1) is 0 Å². The third-order valence-electron chi connectivity index (χ3n) is 3.71. The van der Waals surface area contributed by atoms with Crippen LogP contribution in [-0.2, 0) is 0 Å². The van der Waals surface area contributed by atoms with Crippen LogP contribution in [0.2, 0.25) is 0 Å². The number of hydrogen-bond acceptors (Lipinski definition) is 1. The maximum absolute atomic E-state index is 3.67. The summed E-state index contributed by atoms with van der Waals surface area (Å²) in [7, 11) is 0. The van der Waals surface area contributed by atoms with Crippen molar-refractivity contribution >= 4 is 5.69 Å². The van der Waals surface area contributed by atoms with Crippen molar-refractivity contribution < 1.29 is 0 Å². The van der Waals surface area contributed by atoms with Gasteiger partial charge in [-0.3, -0.25) is 0 Å². The van der Waals surface area contributed by atoms with Gasteiger partial charge >= 0.3 is 0 Å². The SMILES string of the molecule is CC12CCCC1c1ccccc1N2. The van der Waals surface area contributed by atoms with Crippen molar-refractivity contribution in [3.8, 4) is 0 Å². The third-order valence-corrected chi connectivity index (χ3v) is 3.71. The molecule has 2 unspecified atom stereocenters. The molecule has 1 aliphatic carbocycles. The Morgan fingerprint density at radius 2 is 2.23 bits per heavy atom. The van der Waals surface area contributed by atoms with Crippen molar-refractivity contribution in [2.45, 2.75) is 37.6 Å². The molecule has 68 valence electrons. The van der Waals surface area contributed by atoms with E-state index in [1.54, 1.807) is 5.56 Å². The first-order valence-electron chi connectivity index (χ1n) is 5.17. The van der Waals surface area contributed by atoms with Gasteiger partial charge in [-0.05, 0) is 31.4 Å². The summed E-state index contributed by atoms with van der Waals surface area (Å²) in [6, 6.07) is 8.77. The molecule has 1 nitrogen and oxygen atoms in total. The van der Waals surface area contributed by atoms with Crippen LogP contribution >= 0.6 is 0 Å². The molecule has 3 rings (SSSR count). The fraction of sp³-hybridized carbons (Fsp3) is 0.500. The first kappa shape index (κ1) is 7.43. The van der Waals surface area contributed by atoms with E-state index in [0.717, 1.165) is 5.92 Å². The molecular formula is C12H15N. The molecule has 13 heavy (non-hydrogen) atoms. The molecular weight excluding hydrogens is 158 g/mol. The summed E-state index contributed by atoms with van der Waals surface area (Å²) >= 11 is 0. The Balaban J connectivity index is 2.13. The maximum Gasteiger partial charge on any atom is 0.0414 e. The van der Waals surface area contributed by atoms with Crippen LogP contribution < -0.4 is 5.32 Å². The van der Waals surface area contributed by atoms with Gasteiger partial charge in [-0.2, -0.15) is 0 Å². The fourth-order valence-electron chi connectivity index (χ4n) is 3.04. The lowest BCUT2D eigenvalue weighted by molar-refractivity contribution is 0.498. The largest absolute Gasteiger partial charge is 0.379 e. The molecule has 1 aromatic carbocycles. The molecule has 1 fully saturated rings. The first-order chi connectivity index (χ1) is 6.30. The van der Waals surface area contributed by atoms with Gasteiger partial charge in [0.25, 0.3) is 0 Å². The molecule has 1 saturated carbocycles. The molecule has 0 bridgehead atoms. The highest BCUT2D eigenvalue weighted by atomic mass is 15.0. The van der Waals surface area contributed by atoms with E-state index in [1.807, 2.05) is 0 Å². The molecule has 1 aliphatic heterocycles. The second kappa shape index (κ2) is 2.28. The Labute approximate surface area is 79.2 Å². The van der Waals surface area contributed by atoms with Gasteiger partial charge in [0, 0.05) is 17.1 Å². The van der Waals surface area contributed by atoms with Crippen LogP contribution in [-0.4, -0.2) is 5.54 Å². The van der Waals surface area contributed by atoms with Crippen LogP contribution in [0.4, 0.5) is 5.69 Å². The highest BCUT2D eigenvalue weighted by molar-refractivity contribution is 5.62. The van der Waals surface area contributed by atoms with E-state index in [0.29, 0.717) is 5.54 Å². The van der Waals surface area contributed by atoms with E-state index >= 15 is 0 Å². The van der Waals surface area contributed by atoms with E-state index in [-0.39, 0.29) is 0 Å². The molecule has 1 N–H and O–H groups in total. The smallest absolute Gasteiger partial charge is 0.0414 e. The Morgan fingerprint density at radius 3 is 3.15 bits per heavy atom. The molecule has 0 amide bonds. The van der Waals surface area contributed by atoms with Crippen molar-refractivity contribution in [3.63, 3.8) is 0 Å². The van der Waals surface area contributed by atoms with Crippen LogP contribution in [0.25, 0.3) is 0 Å². The number of hydrogen-bond donors (Lipinski definition) is 1. The predicted molar refractivity (Wildman–Crippen MR) is 55.1 cm³/mol. The lowest BCUT2D eigenvalue weighted by atomic mass is 9.88. The van der Waals surface area contributed by atoms with Crippen molar-refractivity contribution in [1.82, 2.24) is 0 Å². The molecule has 0 radical (unpaired) electrons. The molecule has 0 spiro atoms. The highest BCUT2D eigenvalue weighted by Gasteiger charge is 2.44. The van der Waals surface area contributed by atoms with E-state index in [1.165, 1.54) is 24.9 Å². The zero-order valence-corrected chi connectivity index (χ0v) is 8.01. The number of anilines is 1. The van der Waals surface area contributed by atoms with Gasteiger partial charge in [0.15, 0.2) is 0 Å². The van der Waals surface area contributed by atoms with E-state index in [2.05, 4.69) is 36.5 Å². The summed E-state index contributed by atoms with van der Waals surface area (Å²) in [5.74, 6) is 0.767. The molecule has 1 heterocycles. The van der Waals surface area contributed by atoms with Gasteiger partial charge in [0.2, 0.25) is 0 Å². The van der Waals surface area contributed by atoms with Crippen LogP contribution in [0.15, 0.2) is 24.3 Å². The lowest BCUT2D eigenvalue weighted by Crippen LogP contribution is -2.31. The quantitative estimate of drug-likeness (QED) is 0.635. The van der Waals surface area contributed by atoms with Gasteiger partial charge in [-0.1, -0.05) is 24.6 Å². The molecule has 1 aromatic rings. The Bertz CT molecular complexity index is 345. The summed E-state index contributed by atoms with van der Waals surface area (Å²) in [5.41, 5.74) is 3.28. The Hall–Kier alpha value is -0.980. The standard InChI is InChI=1S/C12H15N/c1-12-8-4-6-10(12)9-5-2-3-7-11(9)13-12/h2-3,5,7,10,13H,4,6,8H2,1H3. The van der Waals surface area contributed by atoms with Crippen molar-refractivity contribution in [2.75, 3.05) is 5.32 Å². The van der Waals surface area contributed by atoms with Crippen LogP contribution in [0.3, 0.4) is 0 Å². The van der Waals surface area contributed by atoms with Crippen molar-refractivity contribution in [1.29, 1.82) is 0 Å². The number of para-hydroxylation sites is 1. The van der Waals surface area contributed by atoms with Crippen LogP contribution in [0, 0.1) is 0 Å². The normalized spacial score (nSPS) is 35.3. The van der Waals surface area contributed by atoms with Crippen LogP contribution in [0.1, 0.15) is 37.7 Å². The summed E-state index contributed by atoms with van der Waals surface area (Å²) < 4.78 is 0. The van der Waals surface area contributed by atoms with Crippen molar-refractivity contribution in [2.24, 2.45) is 0 Å². The predicted octanol–water partition coefficient (Wildman–Crippen LogP) is 3.14. The second-order valence-electron chi connectivity index (χ2n) is 4.57. The van der Waals surface area contributed by atoms with E-state index < -0.39 is 0 Å². The van der Waals surface area contributed by atoms with E-state index in [9.17, 15) is 0 Å². The van der Waals surface area contributed by atoms with Gasteiger partial charge < -0.3 is 5.32 Å². The minimum Gasteiger partial charge on any atom is -0.379 e.